The van der Waals surface area contributed by atoms with E-state index in [0.29, 0.717) is 11.4 Å². The van der Waals surface area contributed by atoms with Crippen molar-refractivity contribution in [2.24, 2.45) is 5.73 Å². The fourth-order valence-corrected chi connectivity index (χ4v) is 2.86. The van der Waals surface area contributed by atoms with Gasteiger partial charge in [0.2, 0.25) is 5.91 Å². The van der Waals surface area contributed by atoms with E-state index in [1.807, 2.05) is 0 Å². The standard InChI is InChI=1S/C13H16F2N2OS/c14-11-4-3-10(6-12(11)15)19-8-13(18)17-5-1-2-9(16)7-17/h3-4,6,9H,1-2,5,7-8,16H2. The third kappa shape index (κ3) is 3.91. The van der Waals surface area contributed by atoms with Gasteiger partial charge in [-0.1, -0.05) is 0 Å². The van der Waals surface area contributed by atoms with Crippen molar-refractivity contribution in [3.05, 3.63) is 29.8 Å². The van der Waals surface area contributed by atoms with Gasteiger partial charge in [0.05, 0.1) is 5.75 Å². The molecule has 3 nitrogen and oxygen atoms in total. The van der Waals surface area contributed by atoms with Crippen molar-refractivity contribution in [3.8, 4) is 0 Å². The van der Waals surface area contributed by atoms with Crippen molar-refractivity contribution >= 4 is 17.7 Å². The summed E-state index contributed by atoms with van der Waals surface area (Å²) in [5.74, 6) is -1.56. The summed E-state index contributed by atoms with van der Waals surface area (Å²) in [5.41, 5.74) is 5.81. The SMILES string of the molecule is NC1CCCN(C(=O)CSc2ccc(F)c(F)c2)C1. The molecule has 1 aliphatic heterocycles. The first-order chi connectivity index (χ1) is 9.06. The molecule has 1 aromatic carbocycles. The molecule has 1 heterocycles. The van der Waals surface area contributed by atoms with Crippen LogP contribution in [0.2, 0.25) is 0 Å². The van der Waals surface area contributed by atoms with Gasteiger partial charge in [0, 0.05) is 24.0 Å². The molecule has 2 rings (SSSR count). The van der Waals surface area contributed by atoms with Crippen LogP contribution in [0.4, 0.5) is 8.78 Å². The van der Waals surface area contributed by atoms with Crippen molar-refractivity contribution in [1.82, 2.24) is 4.90 Å². The molecule has 1 saturated heterocycles. The quantitative estimate of drug-likeness (QED) is 0.865. The monoisotopic (exact) mass is 286 g/mol. The molecule has 6 heteroatoms. The Hall–Kier alpha value is -1.14. The highest BCUT2D eigenvalue weighted by atomic mass is 32.2. The number of carbonyl (C=O) groups excluding carboxylic acids is 1. The van der Waals surface area contributed by atoms with Crippen molar-refractivity contribution in [2.75, 3.05) is 18.8 Å². The van der Waals surface area contributed by atoms with E-state index in [1.165, 1.54) is 17.8 Å². The van der Waals surface area contributed by atoms with Crippen LogP contribution in [0.3, 0.4) is 0 Å². The molecule has 1 atom stereocenters. The van der Waals surface area contributed by atoms with E-state index < -0.39 is 11.6 Å². The lowest BCUT2D eigenvalue weighted by atomic mass is 10.1. The molecule has 104 valence electrons. The molecule has 2 N–H and O–H groups in total. The summed E-state index contributed by atoms with van der Waals surface area (Å²) in [6, 6.07) is 3.69. The fraction of sp³-hybridized carbons (Fsp3) is 0.462. The maximum absolute atomic E-state index is 13.0. The predicted octanol–water partition coefficient (Wildman–Crippen LogP) is 2.01. The van der Waals surface area contributed by atoms with E-state index in [9.17, 15) is 13.6 Å². The average molecular weight is 286 g/mol. The highest BCUT2D eigenvalue weighted by Crippen LogP contribution is 2.21. The first-order valence-electron chi connectivity index (χ1n) is 6.17. The molecule has 19 heavy (non-hydrogen) atoms. The third-order valence-corrected chi connectivity index (χ3v) is 4.04. The van der Waals surface area contributed by atoms with Gasteiger partial charge in [0.15, 0.2) is 11.6 Å². The molecular formula is C13H16F2N2OS. The highest BCUT2D eigenvalue weighted by Gasteiger charge is 2.21. The number of hydrogen-bond acceptors (Lipinski definition) is 3. The summed E-state index contributed by atoms with van der Waals surface area (Å²) in [5, 5.41) is 0. The van der Waals surface area contributed by atoms with Gasteiger partial charge in [0.1, 0.15) is 0 Å². The van der Waals surface area contributed by atoms with Crippen LogP contribution < -0.4 is 5.73 Å². The lowest BCUT2D eigenvalue weighted by molar-refractivity contribution is -0.129. The van der Waals surface area contributed by atoms with Gasteiger partial charge < -0.3 is 10.6 Å². The van der Waals surface area contributed by atoms with Crippen LogP contribution in [0.15, 0.2) is 23.1 Å². The van der Waals surface area contributed by atoms with Crippen LogP contribution in [0.1, 0.15) is 12.8 Å². The van der Waals surface area contributed by atoms with Gasteiger partial charge in [-0.15, -0.1) is 11.8 Å². The maximum atomic E-state index is 13.0. The van der Waals surface area contributed by atoms with Crippen LogP contribution in [0.25, 0.3) is 0 Å². The second-order valence-electron chi connectivity index (χ2n) is 4.61. The normalized spacial score (nSPS) is 19.5. The van der Waals surface area contributed by atoms with Crippen LogP contribution in [-0.4, -0.2) is 35.7 Å². The van der Waals surface area contributed by atoms with Gasteiger partial charge in [-0.2, -0.15) is 0 Å². The van der Waals surface area contributed by atoms with E-state index >= 15 is 0 Å². The molecule has 1 fully saturated rings. The topological polar surface area (TPSA) is 46.3 Å². The molecule has 1 amide bonds. The number of amides is 1. The second-order valence-corrected chi connectivity index (χ2v) is 5.66. The van der Waals surface area contributed by atoms with Crippen LogP contribution >= 0.6 is 11.8 Å². The minimum atomic E-state index is -0.891. The average Bonchev–Trinajstić information content (AvgIpc) is 2.40. The van der Waals surface area contributed by atoms with E-state index in [2.05, 4.69) is 0 Å². The Bertz CT molecular complexity index is 470. The predicted molar refractivity (Wildman–Crippen MR) is 70.9 cm³/mol. The lowest BCUT2D eigenvalue weighted by Crippen LogP contribution is -2.46. The first kappa shape index (κ1) is 14.3. The number of rotatable bonds is 3. The first-order valence-corrected chi connectivity index (χ1v) is 7.16. The summed E-state index contributed by atoms with van der Waals surface area (Å²) in [6.07, 6.45) is 1.86. The van der Waals surface area contributed by atoms with Crippen molar-refractivity contribution in [2.45, 2.75) is 23.8 Å². The van der Waals surface area contributed by atoms with Gasteiger partial charge in [-0.3, -0.25) is 4.79 Å². The molecular weight excluding hydrogens is 270 g/mol. The molecule has 1 unspecified atom stereocenters. The second kappa shape index (κ2) is 6.34. The maximum Gasteiger partial charge on any atom is 0.232 e. The molecule has 0 aromatic heterocycles. The molecule has 1 aromatic rings. The van der Waals surface area contributed by atoms with Crippen molar-refractivity contribution in [3.63, 3.8) is 0 Å². The van der Waals surface area contributed by atoms with Gasteiger partial charge >= 0.3 is 0 Å². The van der Waals surface area contributed by atoms with Gasteiger partial charge in [-0.05, 0) is 31.0 Å². The lowest BCUT2D eigenvalue weighted by Gasteiger charge is -2.30. The Morgan fingerprint density at radius 1 is 1.42 bits per heavy atom. The Kier molecular flexibility index (Phi) is 4.76. The van der Waals surface area contributed by atoms with E-state index in [-0.39, 0.29) is 17.7 Å². The molecule has 0 aliphatic carbocycles. The molecule has 0 radical (unpaired) electrons. The van der Waals surface area contributed by atoms with Crippen molar-refractivity contribution < 1.29 is 13.6 Å². The molecule has 0 saturated carbocycles. The van der Waals surface area contributed by atoms with Crippen LogP contribution in [0.5, 0.6) is 0 Å². The number of benzene rings is 1. The molecule has 0 bridgehead atoms. The molecule has 0 spiro atoms. The van der Waals surface area contributed by atoms with Crippen LogP contribution in [0, 0.1) is 11.6 Å². The number of likely N-dealkylation sites (tertiary alicyclic amines) is 1. The highest BCUT2D eigenvalue weighted by molar-refractivity contribution is 8.00. The minimum absolute atomic E-state index is 0.00937. The minimum Gasteiger partial charge on any atom is -0.340 e. The zero-order valence-corrected chi connectivity index (χ0v) is 11.3. The number of carbonyl (C=O) groups is 1. The third-order valence-electron chi connectivity index (χ3n) is 3.06. The zero-order valence-electron chi connectivity index (χ0n) is 10.4. The number of hydrogen-bond donors (Lipinski definition) is 1. The Balaban J connectivity index is 1.87. The number of thioether (sulfide) groups is 1. The summed E-state index contributed by atoms with van der Waals surface area (Å²) >= 11 is 1.21. The summed E-state index contributed by atoms with van der Waals surface area (Å²) < 4.78 is 25.8. The fourth-order valence-electron chi connectivity index (χ4n) is 2.04. The van der Waals surface area contributed by atoms with E-state index in [4.69, 9.17) is 5.73 Å². The number of nitrogens with two attached hydrogens (primary N) is 1. The van der Waals surface area contributed by atoms with Gasteiger partial charge in [-0.25, -0.2) is 8.78 Å². The van der Waals surface area contributed by atoms with Gasteiger partial charge in [0.25, 0.3) is 0 Å². The smallest absolute Gasteiger partial charge is 0.232 e. The summed E-state index contributed by atoms with van der Waals surface area (Å²) in [6.45, 7) is 1.31. The molecule has 1 aliphatic rings. The Morgan fingerprint density at radius 3 is 2.89 bits per heavy atom. The zero-order chi connectivity index (χ0) is 13.8. The van der Waals surface area contributed by atoms with E-state index in [0.717, 1.165) is 31.5 Å². The summed E-state index contributed by atoms with van der Waals surface area (Å²) in [4.78, 5) is 14.2. The Labute approximate surface area is 115 Å². The number of halogens is 2. The van der Waals surface area contributed by atoms with Crippen LogP contribution in [-0.2, 0) is 4.79 Å². The largest absolute Gasteiger partial charge is 0.340 e. The Morgan fingerprint density at radius 2 is 2.21 bits per heavy atom. The number of piperidine rings is 1. The summed E-state index contributed by atoms with van der Waals surface area (Å²) in [7, 11) is 0. The van der Waals surface area contributed by atoms with E-state index in [1.54, 1.807) is 4.90 Å². The number of nitrogens with zero attached hydrogens (tertiary/aromatic N) is 1. The van der Waals surface area contributed by atoms with Crippen molar-refractivity contribution in [1.29, 1.82) is 0 Å².